The van der Waals surface area contributed by atoms with E-state index in [0.717, 1.165) is 6.08 Å². The van der Waals surface area contributed by atoms with E-state index in [4.69, 9.17) is 5.73 Å². The number of aliphatic imine (C=N–C) groups is 1. The summed E-state index contributed by atoms with van der Waals surface area (Å²) in [4.78, 5) is 3.12. The molecule has 2 N–H and O–H groups in total. The van der Waals surface area contributed by atoms with Gasteiger partial charge in [-0.25, -0.2) is 9.38 Å². The van der Waals surface area contributed by atoms with E-state index in [-0.39, 0.29) is 5.82 Å². The van der Waals surface area contributed by atoms with Gasteiger partial charge in [-0.1, -0.05) is 6.58 Å². The molecule has 0 aromatic heterocycles. The van der Waals surface area contributed by atoms with Gasteiger partial charge in [0.25, 0.3) is 0 Å². The molecule has 0 rings (SSSR count). The molecule has 0 aromatic rings. The number of allylic oxidation sites excluding steroid dienone is 2. The van der Waals surface area contributed by atoms with Crippen molar-refractivity contribution in [2.75, 3.05) is 0 Å². The monoisotopic (exact) mass is 114 g/mol. The molecule has 0 aliphatic rings. The molecule has 0 saturated carbocycles. The molecule has 0 fully saturated rings. The van der Waals surface area contributed by atoms with Crippen molar-refractivity contribution in [3.8, 4) is 0 Å². The summed E-state index contributed by atoms with van der Waals surface area (Å²) in [7, 11) is 0. The maximum atomic E-state index is 12.0. The quantitative estimate of drug-likeness (QED) is 0.421. The summed E-state index contributed by atoms with van der Waals surface area (Å²) < 4.78 is 12.0. The van der Waals surface area contributed by atoms with Crippen LogP contribution >= 0.6 is 0 Å². The lowest BCUT2D eigenvalue weighted by Crippen LogP contribution is -1.93. The fourth-order valence-electron chi connectivity index (χ4n) is 0.180. The lowest BCUT2D eigenvalue weighted by molar-refractivity contribution is 0.651. The van der Waals surface area contributed by atoms with Crippen molar-refractivity contribution in [2.24, 2.45) is 10.7 Å². The van der Waals surface area contributed by atoms with Gasteiger partial charge >= 0.3 is 0 Å². The zero-order chi connectivity index (χ0) is 6.57. The lowest BCUT2D eigenvalue weighted by Gasteiger charge is -1.87. The van der Waals surface area contributed by atoms with Crippen molar-refractivity contribution < 1.29 is 4.39 Å². The number of halogens is 1. The molecule has 0 heterocycles. The Morgan fingerprint density at radius 2 is 2.25 bits per heavy atom. The van der Waals surface area contributed by atoms with Crippen molar-refractivity contribution in [1.29, 1.82) is 0 Å². The normalized spacial score (nSPS) is 12.1. The van der Waals surface area contributed by atoms with E-state index in [2.05, 4.69) is 18.3 Å². The van der Waals surface area contributed by atoms with E-state index in [0.29, 0.717) is 0 Å². The van der Waals surface area contributed by atoms with E-state index in [1.807, 2.05) is 0 Å². The van der Waals surface area contributed by atoms with Crippen LogP contribution in [-0.4, -0.2) is 6.72 Å². The highest BCUT2D eigenvalue weighted by molar-refractivity contribution is 5.30. The molecule has 8 heavy (non-hydrogen) atoms. The fraction of sp³-hybridized carbons (Fsp3) is 0. The molecule has 44 valence electrons. The molecule has 0 aliphatic heterocycles. The Bertz CT molecular complexity index is 121. The highest BCUT2D eigenvalue weighted by Gasteiger charge is 1.90. The Balaban J connectivity index is 4.25. The topological polar surface area (TPSA) is 38.4 Å². The molecule has 0 unspecified atom stereocenters. The Hall–Kier alpha value is -1.12. The first-order valence-electron chi connectivity index (χ1n) is 1.96. The zero-order valence-corrected chi connectivity index (χ0v) is 4.39. The second-order valence-electron chi connectivity index (χ2n) is 1.10. The minimum absolute atomic E-state index is 0.222. The summed E-state index contributed by atoms with van der Waals surface area (Å²) in [6.07, 6.45) is 0.976. The average Bonchev–Trinajstić information content (AvgIpc) is 1.84. The number of hydrogen-bond acceptors (Lipinski definition) is 2. The zero-order valence-electron chi connectivity index (χ0n) is 4.39. The molecular weight excluding hydrogens is 107 g/mol. The van der Waals surface area contributed by atoms with Crippen LogP contribution in [0.3, 0.4) is 0 Å². The Labute approximate surface area is 47.2 Å². The van der Waals surface area contributed by atoms with Crippen LogP contribution in [-0.2, 0) is 0 Å². The number of hydrogen-bond donors (Lipinski definition) is 1. The molecular formula is C5H7FN2. The number of rotatable bonds is 2. The molecule has 0 aliphatic carbocycles. The third-order valence-corrected chi connectivity index (χ3v) is 0.594. The summed E-state index contributed by atoms with van der Waals surface area (Å²) >= 11 is 0. The van der Waals surface area contributed by atoms with Gasteiger partial charge in [-0.2, -0.15) is 0 Å². The van der Waals surface area contributed by atoms with Crippen LogP contribution in [0.25, 0.3) is 0 Å². The molecule has 0 radical (unpaired) electrons. The SMILES string of the molecule is C=C/C(F)=C(/N)N=C. The van der Waals surface area contributed by atoms with Gasteiger partial charge in [-0.3, -0.25) is 0 Å². The predicted molar refractivity (Wildman–Crippen MR) is 32.1 cm³/mol. The van der Waals surface area contributed by atoms with Gasteiger partial charge in [0.15, 0.2) is 11.6 Å². The molecule has 0 bridgehead atoms. The van der Waals surface area contributed by atoms with Crippen molar-refractivity contribution in [3.63, 3.8) is 0 Å². The van der Waals surface area contributed by atoms with E-state index in [1.54, 1.807) is 0 Å². The second-order valence-corrected chi connectivity index (χ2v) is 1.10. The Kier molecular flexibility index (Phi) is 2.54. The van der Waals surface area contributed by atoms with Crippen molar-refractivity contribution in [3.05, 3.63) is 24.3 Å². The molecule has 0 saturated heterocycles. The van der Waals surface area contributed by atoms with Gasteiger partial charge < -0.3 is 5.73 Å². The Morgan fingerprint density at radius 3 is 2.38 bits per heavy atom. The van der Waals surface area contributed by atoms with Crippen molar-refractivity contribution in [1.82, 2.24) is 0 Å². The fourth-order valence-corrected chi connectivity index (χ4v) is 0.180. The van der Waals surface area contributed by atoms with Crippen LogP contribution < -0.4 is 5.73 Å². The summed E-state index contributed by atoms with van der Waals surface area (Å²) in [5, 5.41) is 0. The lowest BCUT2D eigenvalue weighted by atomic mass is 10.5. The van der Waals surface area contributed by atoms with Crippen LogP contribution in [0.2, 0.25) is 0 Å². The first-order valence-corrected chi connectivity index (χ1v) is 1.96. The third-order valence-electron chi connectivity index (χ3n) is 0.594. The summed E-state index contributed by atoms with van der Waals surface area (Å²) in [5.74, 6) is -0.861. The number of nitrogens with zero attached hydrogens (tertiary/aromatic N) is 1. The average molecular weight is 114 g/mol. The highest BCUT2D eigenvalue weighted by Crippen LogP contribution is 2.00. The van der Waals surface area contributed by atoms with E-state index in [1.165, 1.54) is 0 Å². The molecule has 0 spiro atoms. The molecule has 3 heteroatoms. The van der Waals surface area contributed by atoms with E-state index in [9.17, 15) is 4.39 Å². The smallest absolute Gasteiger partial charge is 0.164 e. The van der Waals surface area contributed by atoms with Crippen LogP contribution in [0.5, 0.6) is 0 Å². The van der Waals surface area contributed by atoms with Crippen LogP contribution in [0.1, 0.15) is 0 Å². The molecule has 0 aromatic carbocycles. The maximum Gasteiger partial charge on any atom is 0.164 e. The predicted octanol–water partition coefficient (Wildman–Crippen LogP) is 0.970. The highest BCUT2D eigenvalue weighted by atomic mass is 19.1. The standard InChI is InChI=1S/C5H7FN2/c1-3-4(6)5(7)8-2/h3H,1-2,7H2/b5-4+. The van der Waals surface area contributed by atoms with Crippen molar-refractivity contribution >= 4 is 6.72 Å². The van der Waals surface area contributed by atoms with E-state index < -0.39 is 5.83 Å². The van der Waals surface area contributed by atoms with Gasteiger partial charge in [-0.05, 0) is 12.8 Å². The summed E-state index contributed by atoms with van der Waals surface area (Å²) in [6.45, 7) is 6.14. The Morgan fingerprint density at radius 1 is 1.75 bits per heavy atom. The largest absolute Gasteiger partial charge is 0.381 e. The van der Waals surface area contributed by atoms with Crippen LogP contribution in [0.4, 0.5) is 4.39 Å². The third kappa shape index (κ3) is 1.55. The maximum absolute atomic E-state index is 12.0. The van der Waals surface area contributed by atoms with Gasteiger partial charge in [-0.15, -0.1) is 0 Å². The summed E-state index contributed by atoms with van der Waals surface area (Å²) in [6, 6.07) is 0. The van der Waals surface area contributed by atoms with Crippen LogP contribution in [0, 0.1) is 0 Å². The first-order chi connectivity index (χ1) is 3.72. The minimum atomic E-state index is -0.639. The van der Waals surface area contributed by atoms with Crippen molar-refractivity contribution in [2.45, 2.75) is 0 Å². The minimum Gasteiger partial charge on any atom is -0.381 e. The molecule has 2 nitrogen and oxygen atoms in total. The molecule has 0 atom stereocenters. The van der Waals surface area contributed by atoms with E-state index >= 15 is 0 Å². The van der Waals surface area contributed by atoms with Crippen LogP contribution in [0.15, 0.2) is 29.3 Å². The summed E-state index contributed by atoms with van der Waals surface area (Å²) in [5.41, 5.74) is 4.93. The number of nitrogens with two attached hydrogens (primary N) is 1. The van der Waals surface area contributed by atoms with Gasteiger partial charge in [0.05, 0.1) is 0 Å². The van der Waals surface area contributed by atoms with Gasteiger partial charge in [0.2, 0.25) is 0 Å². The van der Waals surface area contributed by atoms with Gasteiger partial charge in [0, 0.05) is 0 Å². The molecule has 0 amide bonds. The first kappa shape index (κ1) is 6.88. The van der Waals surface area contributed by atoms with Gasteiger partial charge in [0.1, 0.15) is 0 Å². The second kappa shape index (κ2) is 2.96.